The number of hydrogen-bond donors (Lipinski definition) is 1. The fourth-order valence-corrected chi connectivity index (χ4v) is 1.42. The molecule has 0 spiro atoms. The molecule has 0 saturated carbocycles. The van der Waals surface area contributed by atoms with Gasteiger partial charge in [-0.25, -0.2) is 4.79 Å². The molecule has 0 bridgehead atoms. The Morgan fingerprint density at radius 2 is 2.29 bits per heavy atom. The molecule has 4 nitrogen and oxygen atoms in total. The van der Waals surface area contributed by atoms with Gasteiger partial charge in [0.1, 0.15) is 5.56 Å². The van der Waals surface area contributed by atoms with E-state index in [4.69, 9.17) is 14.6 Å². The van der Waals surface area contributed by atoms with Crippen molar-refractivity contribution in [2.24, 2.45) is 0 Å². The highest BCUT2D eigenvalue weighted by Gasteiger charge is 2.13. The second-order valence-corrected chi connectivity index (χ2v) is 3.33. The van der Waals surface area contributed by atoms with Crippen LogP contribution in [0.2, 0.25) is 0 Å². The molecule has 1 aromatic carbocycles. The Kier molecular flexibility index (Phi) is 3.91. The van der Waals surface area contributed by atoms with E-state index in [1.54, 1.807) is 12.1 Å². The molecule has 0 aliphatic rings. The van der Waals surface area contributed by atoms with Crippen LogP contribution in [-0.2, 0) is 4.74 Å². The van der Waals surface area contributed by atoms with Crippen molar-refractivity contribution < 1.29 is 19.4 Å². The first-order chi connectivity index (χ1) is 6.66. The van der Waals surface area contributed by atoms with Crippen LogP contribution in [0.1, 0.15) is 10.4 Å². The second-order valence-electron chi connectivity index (χ2n) is 2.47. The van der Waals surface area contributed by atoms with E-state index in [0.717, 1.165) is 0 Å². The first-order valence-corrected chi connectivity index (χ1v) is 4.59. The number of carboxylic acids is 1. The van der Waals surface area contributed by atoms with Gasteiger partial charge in [0.15, 0.2) is 12.5 Å². The number of aromatic carboxylic acids is 1. The summed E-state index contributed by atoms with van der Waals surface area (Å²) in [5.74, 6) is -0.751. The maximum absolute atomic E-state index is 10.8. The molecule has 0 heterocycles. The average Bonchev–Trinajstić information content (AvgIpc) is 2.15. The normalized spacial score (nSPS) is 9.86. The van der Waals surface area contributed by atoms with E-state index < -0.39 is 5.97 Å². The molecule has 0 atom stereocenters. The number of para-hydroxylation sites is 1. The third kappa shape index (κ3) is 2.46. The molecule has 0 radical (unpaired) electrons. The summed E-state index contributed by atoms with van der Waals surface area (Å²) in [5.41, 5.74) is 0.108. The molecule has 0 aliphatic carbocycles. The van der Waals surface area contributed by atoms with Crippen molar-refractivity contribution in [2.45, 2.75) is 0 Å². The number of rotatable bonds is 4. The number of halogens is 1. The minimum absolute atomic E-state index is 0.0168. The van der Waals surface area contributed by atoms with Crippen LogP contribution in [-0.4, -0.2) is 25.0 Å². The van der Waals surface area contributed by atoms with Crippen molar-refractivity contribution in [1.82, 2.24) is 0 Å². The Morgan fingerprint density at radius 1 is 1.57 bits per heavy atom. The summed E-state index contributed by atoms with van der Waals surface area (Å²) in [5, 5.41) is 8.85. The molecule has 0 fully saturated rings. The Hall–Kier alpha value is -1.07. The highest BCUT2D eigenvalue weighted by atomic mass is 79.9. The van der Waals surface area contributed by atoms with Crippen LogP contribution >= 0.6 is 15.9 Å². The van der Waals surface area contributed by atoms with Gasteiger partial charge < -0.3 is 14.6 Å². The number of ether oxygens (including phenoxy) is 2. The maximum atomic E-state index is 10.8. The zero-order chi connectivity index (χ0) is 10.6. The lowest BCUT2D eigenvalue weighted by atomic mass is 10.2. The molecule has 1 N–H and O–H groups in total. The van der Waals surface area contributed by atoms with E-state index in [1.807, 2.05) is 0 Å². The Morgan fingerprint density at radius 3 is 2.86 bits per heavy atom. The van der Waals surface area contributed by atoms with Crippen LogP contribution in [0.3, 0.4) is 0 Å². The van der Waals surface area contributed by atoms with Crippen molar-refractivity contribution in [1.29, 1.82) is 0 Å². The summed E-state index contributed by atoms with van der Waals surface area (Å²) < 4.78 is 10.4. The fraction of sp³-hybridized carbons (Fsp3) is 0.222. The first-order valence-electron chi connectivity index (χ1n) is 3.80. The van der Waals surface area contributed by atoms with E-state index >= 15 is 0 Å². The summed E-state index contributed by atoms with van der Waals surface area (Å²) in [6, 6.07) is 4.81. The van der Waals surface area contributed by atoms with Crippen molar-refractivity contribution in [2.75, 3.05) is 13.9 Å². The molecule has 0 aromatic heterocycles. The van der Waals surface area contributed by atoms with Gasteiger partial charge in [0.25, 0.3) is 0 Å². The van der Waals surface area contributed by atoms with Gasteiger partial charge in [0.2, 0.25) is 0 Å². The second kappa shape index (κ2) is 4.97. The standard InChI is InChI=1S/C9H9BrO4/c1-13-5-14-8-6(9(11)12)3-2-4-7(8)10/h2-4H,5H2,1H3,(H,11,12). The van der Waals surface area contributed by atoms with E-state index in [0.29, 0.717) is 4.47 Å². The average molecular weight is 261 g/mol. The molecular weight excluding hydrogens is 252 g/mol. The van der Waals surface area contributed by atoms with Gasteiger partial charge in [0.05, 0.1) is 4.47 Å². The third-order valence-electron chi connectivity index (χ3n) is 1.52. The van der Waals surface area contributed by atoms with Crippen molar-refractivity contribution in [3.05, 3.63) is 28.2 Å². The molecule has 0 aliphatic heterocycles. The monoisotopic (exact) mass is 260 g/mol. The predicted molar refractivity (Wildman–Crippen MR) is 53.6 cm³/mol. The zero-order valence-corrected chi connectivity index (χ0v) is 9.08. The number of carbonyl (C=O) groups is 1. The molecule has 1 aromatic rings. The van der Waals surface area contributed by atoms with E-state index in [2.05, 4.69) is 15.9 Å². The molecule has 0 amide bonds. The van der Waals surface area contributed by atoms with E-state index in [9.17, 15) is 4.79 Å². The van der Waals surface area contributed by atoms with E-state index in [1.165, 1.54) is 13.2 Å². The summed E-state index contributed by atoms with van der Waals surface area (Å²) in [4.78, 5) is 10.8. The van der Waals surface area contributed by atoms with Crippen LogP contribution in [0.4, 0.5) is 0 Å². The quantitative estimate of drug-likeness (QED) is 0.843. The number of benzene rings is 1. The van der Waals surface area contributed by atoms with Gasteiger partial charge >= 0.3 is 5.97 Å². The van der Waals surface area contributed by atoms with Gasteiger partial charge in [-0.3, -0.25) is 0 Å². The Bertz CT molecular complexity index is 338. The van der Waals surface area contributed by atoms with Crippen LogP contribution in [0, 0.1) is 0 Å². The van der Waals surface area contributed by atoms with Crippen LogP contribution in [0.5, 0.6) is 5.75 Å². The lowest BCUT2D eigenvalue weighted by molar-refractivity contribution is 0.0478. The van der Waals surface area contributed by atoms with Crippen molar-refractivity contribution in [3.63, 3.8) is 0 Å². The van der Waals surface area contributed by atoms with Crippen LogP contribution in [0.15, 0.2) is 22.7 Å². The predicted octanol–water partition coefficient (Wildman–Crippen LogP) is 2.13. The molecule has 76 valence electrons. The molecule has 0 saturated heterocycles. The number of hydrogen-bond acceptors (Lipinski definition) is 3. The van der Waals surface area contributed by atoms with Crippen molar-refractivity contribution in [3.8, 4) is 5.75 Å². The van der Waals surface area contributed by atoms with Gasteiger partial charge in [0, 0.05) is 7.11 Å². The Balaban J connectivity index is 3.02. The zero-order valence-electron chi connectivity index (χ0n) is 7.49. The summed E-state index contributed by atoms with van der Waals surface area (Å²) in [6.45, 7) is 0.0168. The highest BCUT2D eigenvalue weighted by molar-refractivity contribution is 9.10. The van der Waals surface area contributed by atoms with Gasteiger partial charge in [-0.1, -0.05) is 6.07 Å². The highest BCUT2D eigenvalue weighted by Crippen LogP contribution is 2.28. The summed E-state index contributed by atoms with van der Waals surface area (Å²) in [6.07, 6.45) is 0. The SMILES string of the molecule is COCOc1c(Br)cccc1C(=O)O. The largest absolute Gasteiger partial charge is 0.478 e. The van der Waals surface area contributed by atoms with Crippen molar-refractivity contribution >= 4 is 21.9 Å². The first kappa shape index (κ1) is 11.0. The van der Waals surface area contributed by atoms with E-state index in [-0.39, 0.29) is 18.1 Å². The summed E-state index contributed by atoms with van der Waals surface area (Å²) >= 11 is 3.20. The lowest BCUT2D eigenvalue weighted by Crippen LogP contribution is -2.05. The summed E-state index contributed by atoms with van der Waals surface area (Å²) in [7, 11) is 1.47. The third-order valence-corrected chi connectivity index (χ3v) is 2.14. The van der Waals surface area contributed by atoms with Crippen LogP contribution < -0.4 is 4.74 Å². The molecule has 14 heavy (non-hydrogen) atoms. The number of carboxylic acid groups (broad SMARTS) is 1. The van der Waals surface area contributed by atoms with Gasteiger partial charge in [-0.2, -0.15) is 0 Å². The smallest absolute Gasteiger partial charge is 0.339 e. The Labute approximate surface area is 89.6 Å². The minimum Gasteiger partial charge on any atom is -0.478 e. The fourth-order valence-electron chi connectivity index (χ4n) is 0.942. The molecule has 0 unspecified atom stereocenters. The molecule has 5 heteroatoms. The van der Waals surface area contributed by atoms with Gasteiger partial charge in [-0.05, 0) is 28.1 Å². The maximum Gasteiger partial charge on any atom is 0.339 e. The molecular formula is C9H9BrO4. The van der Waals surface area contributed by atoms with Gasteiger partial charge in [-0.15, -0.1) is 0 Å². The topological polar surface area (TPSA) is 55.8 Å². The molecule has 1 rings (SSSR count). The number of methoxy groups -OCH3 is 1. The minimum atomic E-state index is -1.03. The lowest BCUT2D eigenvalue weighted by Gasteiger charge is -2.09. The van der Waals surface area contributed by atoms with Crippen LogP contribution in [0.25, 0.3) is 0 Å².